The first-order valence-corrected chi connectivity index (χ1v) is 6.19. The van der Waals surface area contributed by atoms with E-state index in [-0.39, 0.29) is 6.10 Å². The molecule has 1 saturated carbocycles. The van der Waals surface area contributed by atoms with E-state index >= 15 is 0 Å². The molecule has 0 bridgehead atoms. The van der Waals surface area contributed by atoms with Crippen molar-refractivity contribution in [2.75, 3.05) is 20.8 Å². The Morgan fingerprint density at radius 3 is 2.17 bits per heavy atom. The summed E-state index contributed by atoms with van der Waals surface area (Å²) in [5.41, 5.74) is 0.0106. The van der Waals surface area contributed by atoms with Crippen LogP contribution >= 0.6 is 0 Å². The van der Waals surface area contributed by atoms with Gasteiger partial charge in [-0.25, -0.2) is 0 Å². The van der Waals surface area contributed by atoms with E-state index in [1.54, 1.807) is 20.3 Å². The largest absolute Gasteiger partial charge is 0.497 e. The van der Waals surface area contributed by atoms with Gasteiger partial charge in [0.25, 0.3) is 0 Å². The van der Waals surface area contributed by atoms with Crippen LogP contribution in [0.2, 0.25) is 0 Å². The molecule has 0 spiro atoms. The lowest BCUT2D eigenvalue weighted by molar-refractivity contribution is -0.142. The molecule has 0 atom stereocenters. The Morgan fingerprint density at radius 2 is 1.72 bits per heavy atom. The van der Waals surface area contributed by atoms with Crippen molar-refractivity contribution in [1.82, 2.24) is 0 Å². The summed E-state index contributed by atoms with van der Waals surface area (Å²) in [7, 11) is 3.21. The fourth-order valence-electron chi connectivity index (χ4n) is 2.36. The van der Waals surface area contributed by atoms with Gasteiger partial charge in [-0.1, -0.05) is 0 Å². The zero-order valence-corrected chi connectivity index (χ0v) is 11.1. The van der Waals surface area contributed by atoms with Crippen molar-refractivity contribution < 1.29 is 19.3 Å². The standard InChI is InChI=1S/C14H20O4/c1-4-18-13-8-14(15,9-13)10-5-11(16-2)7-12(6-10)17-3/h5-7,13,15H,4,8-9H2,1-3H3. The Morgan fingerprint density at radius 1 is 1.17 bits per heavy atom. The Kier molecular flexibility index (Phi) is 3.78. The highest BCUT2D eigenvalue weighted by atomic mass is 16.5. The van der Waals surface area contributed by atoms with Crippen LogP contribution in [0, 0.1) is 0 Å². The molecule has 1 N–H and O–H groups in total. The molecule has 1 fully saturated rings. The molecule has 0 radical (unpaired) electrons. The van der Waals surface area contributed by atoms with Crippen LogP contribution in [0.4, 0.5) is 0 Å². The lowest BCUT2D eigenvalue weighted by Gasteiger charge is -2.43. The maximum atomic E-state index is 10.5. The highest BCUT2D eigenvalue weighted by molar-refractivity contribution is 5.42. The van der Waals surface area contributed by atoms with Crippen LogP contribution in [0.25, 0.3) is 0 Å². The number of ether oxygens (including phenoxy) is 3. The van der Waals surface area contributed by atoms with Gasteiger partial charge in [0.15, 0.2) is 0 Å². The Bertz CT molecular complexity index is 388. The molecule has 1 aromatic carbocycles. The molecular formula is C14H20O4. The zero-order valence-electron chi connectivity index (χ0n) is 11.1. The first kappa shape index (κ1) is 13.2. The van der Waals surface area contributed by atoms with Crippen LogP contribution in [0.15, 0.2) is 18.2 Å². The smallest absolute Gasteiger partial charge is 0.122 e. The Labute approximate surface area is 107 Å². The predicted molar refractivity (Wildman–Crippen MR) is 68.1 cm³/mol. The van der Waals surface area contributed by atoms with Crippen molar-refractivity contribution in [2.24, 2.45) is 0 Å². The number of methoxy groups -OCH3 is 2. The summed E-state index contributed by atoms with van der Waals surface area (Å²) in [5, 5.41) is 10.5. The summed E-state index contributed by atoms with van der Waals surface area (Å²) in [5.74, 6) is 1.38. The molecule has 2 rings (SSSR count). The molecule has 1 aliphatic rings. The van der Waals surface area contributed by atoms with Gasteiger partial charge in [0.2, 0.25) is 0 Å². The average Bonchev–Trinajstić information content (AvgIpc) is 2.36. The molecule has 0 aromatic heterocycles. The SMILES string of the molecule is CCOC1CC(O)(c2cc(OC)cc(OC)c2)C1. The van der Waals surface area contributed by atoms with E-state index < -0.39 is 5.60 Å². The van der Waals surface area contributed by atoms with Crippen LogP contribution in [0.1, 0.15) is 25.3 Å². The molecule has 4 heteroatoms. The van der Waals surface area contributed by atoms with Crippen molar-refractivity contribution >= 4 is 0 Å². The summed E-state index contributed by atoms with van der Waals surface area (Å²) < 4.78 is 15.9. The van der Waals surface area contributed by atoms with Gasteiger partial charge in [-0.15, -0.1) is 0 Å². The molecule has 1 aromatic rings. The predicted octanol–water partition coefficient (Wildman–Crippen LogP) is 2.09. The zero-order chi connectivity index (χ0) is 13.2. The number of aliphatic hydroxyl groups is 1. The molecule has 100 valence electrons. The molecule has 0 saturated heterocycles. The summed E-state index contributed by atoms with van der Waals surface area (Å²) in [6.07, 6.45) is 1.39. The minimum absolute atomic E-state index is 0.150. The number of benzene rings is 1. The number of hydrogen-bond donors (Lipinski definition) is 1. The van der Waals surface area contributed by atoms with Gasteiger partial charge in [0.05, 0.1) is 25.9 Å². The van der Waals surface area contributed by atoms with Gasteiger partial charge in [0.1, 0.15) is 11.5 Å². The van der Waals surface area contributed by atoms with Gasteiger partial charge in [-0.3, -0.25) is 0 Å². The average molecular weight is 252 g/mol. The second-order valence-corrected chi connectivity index (χ2v) is 4.62. The third-order valence-corrected chi connectivity index (χ3v) is 3.42. The van der Waals surface area contributed by atoms with Crippen LogP contribution < -0.4 is 9.47 Å². The minimum Gasteiger partial charge on any atom is -0.497 e. The van der Waals surface area contributed by atoms with Gasteiger partial charge >= 0.3 is 0 Å². The van der Waals surface area contributed by atoms with E-state index in [1.807, 2.05) is 19.1 Å². The summed E-state index contributed by atoms with van der Waals surface area (Å²) in [4.78, 5) is 0. The van der Waals surface area contributed by atoms with Crippen molar-refractivity contribution in [2.45, 2.75) is 31.5 Å². The van der Waals surface area contributed by atoms with Gasteiger partial charge in [0, 0.05) is 25.5 Å². The first-order chi connectivity index (χ1) is 8.61. The van der Waals surface area contributed by atoms with Crippen LogP contribution in [0.3, 0.4) is 0 Å². The Balaban J connectivity index is 2.18. The molecule has 0 unspecified atom stereocenters. The topological polar surface area (TPSA) is 47.9 Å². The summed E-state index contributed by atoms with van der Waals surface area (Å²) >= 11 is 0. The molecule has 0 aliphatic heterocycles. The summed E-state index contributed by atoms with van der Waals surface area (Å²) in [6, 6.07) is 5.50. The van der Waals surface area contributed by atoms with E-state index in [9.17, 15) is 5.11 Å². The maximum absolute atomic E-state index is 10.5. The number of rotatable bonds is 5. The fraction of sp³-hybridized carbons (Fsp3) is 0.571. The van der Waals surface area contributed by atoms with E-state index in [4.69, 9.17) is 14.2 Å². The molecule has 0 amide bonds. The monoisotopic (exact) mass is 252 g/mol. The number of hydrogen-bond acceptors (Lipinski definition) is 4. The molecule has 0 heterocycles. The van der Waals surface area contributed by atoms with Crippen molar-refractivity contribution in [3.05, 3.63) is 23.8 Å². The third-order valence-electron chi connectivity index (χ3n) is 3.42. The molecule has 18 heavy (non-hydrogen) atoms. The van der Waals surface area contributed by atoms with E-state index in [0.29, 0.717) is 30.9 Å². The lowest BCUT2D eigenvalue weighted by Crippen LogP contribution is -2.45. The normalized spacial score (nSPS) is 26.6. The first-order valence-electron chi connectivity index (χ1n) is 6.19. The molecule has 1 aliphatic carbocycles. The molecule has 4 nitrogen and oxygen atoms in total. The minimum atomic E-state index is -0.818. The highest BCUT2D eigenvalue weighted by Gasteiger charge is 2.45. The van der Waals surface area contributed by atoms with E-state index in [2.05, 4.69) is 0 Å². The van der Waals surface area contributed by atoms with Crippen molar-refractivity contribution in [3.63, 3.8) is 0 Å². The highest BCUT2D eigenvalue weighted by Crippen LogP contribution is 2.44. The second kappa shape index (κ2) is 5.16. The van der Waals surface area contributed by atoms with Crippen molar-refractivity contribution in [3.8, 4) is 11.5 Å². The molecular weight excluding hydrogens is 232 g/mol. The van der Waals surface area contributed by atoms with Crippen LogP contribution in [-0.2, 0) is 10.3 Å². The third kappa shape index (κ3) is 2.44. The maximum Gasteiger partial charge on any atom is 0.122 e. The van der Waals surface area contributed by atoms with Crippen LogP contribution in [-0.4, -0.2) is 32.0 Å². The second-order valence-electron chi connectivity index (χ2n) is 4.62. The van der Waals surface area contributed by atoms with Crippen LogP contribution in [0.5, 0.6) is 11.5 Å². The quantitative estimate of drug-likeness (QED) is 0.871. The Hall–Kier alpha value is -1.26. The van der Waals surface area contributed by atoms with Gasteiger partial charge in [-0.2, -0.15) is 0 Å². The van der Waals surface area contributed by atoms with E-state index in [1.165, 1.54) is 0 Å². The summed E-state index contributed by atoms with van der Waals surface area (Å²) in [6.45, 7) is 2.65. The fourth-order valence-corrected chi connectivity index (χ4v) is 2.36. The van der Waals surface area contributed by atoms with Crippen molar-refractivity contribution in [1.29, 1.82) is 0 Å². The van der Waals surface area contributed by atoms with Gasteiger partial charge in [-0.05, 0) is 24.6 Å². The van der Waals surface area contributed by atoms with Gasteiger partial charge < -0.3 is 19.3 Å². The lowest BCUT2D eigenvalue weighted by atomic mass is 9.72. The van der Waals surface area contributed by atoms with E-state index in [0.717, 1.165) is 5.56 Å².